The van der Waals surface area contributed by atoms with Crippen LogP contribution >= 0.6 is 0 Å². The van der Waals surface area contributed by atoms with Crippen LogP contribution in [-0.4, -0.2) is 19.6 Å². The maximum atomic E-state index is 3.65. The minimum Gasteiger partial charge on any atom is -0.357 e. The largest absolute Gasteiger partial charge is 0.357 e. The van der Waals surface area contributed by atoms with Gasteiger partial charge in [0.25, 0.3) is 0 Å². The van der Waals surface area contributed by atoms with Gasteiger partial charge in [-0.2, -0.15) is 0 Å². The van der Waals surface area contributed by atoms with Gasteiger partial charge in [0.2, 0.25) is 0 Å². The molecule has 0 bridgehead atoms. The summed E-state index contributed by atoms with van der Waals surface area (Å²) in [5, 5.41) is 5.04. The Labute approximate surface area is 128 Å². The van der Waals surface area contributed by atoms with Crippen LogP contribution in [0.15, 0.2) is 24.3 Å². The van der Waals surface area contributed by atoms with Crippen LogP contribution in [0.25, 0.3) is 10.9 Å². The van der Waals surface area contributed by atoms with E-state index in [-0.39, 0.29) is 0 Å². The predicted molar refractivity (Wildman–Crippen MR) is 93.1 cm³/mol. The van der Waals surface area contributed by atoms with Gasteiger partial charge in [-0.15, -0.1) is 11.5 Å². The van der Waals surface area contributed by atoms with E-state index in [0.29, 0.717) is 6.04 Å². The van der Waals surface area contributed by atoms with Gasteiger partial charge in [-0.1, -0.05) is 37.8 Å². The van der Waals surface area contributed by atoms with Crippen molar-refractivity contribution in [2.24, 2.45) is 0 Å². The fraction of sp³-hybridized carbons (Fsp3) is 0.444. The minimum atomic E-state index is -1.23. The van der Waals surface area contributed by atoms with Crippen LogP contribution in [0.4, 0.5) is 0 Å². The second kappa shape index (κ2) is 5.71. The summed E-state index contributed by atoms with van der Waals surface area (Å²) >= 11 is 0. The smallest absolute Gasteiger partial charge is 0.129 e. The van der Waals surface area contributed by atoms with E-state index in [0.717, 1.165) is 25.8 Å². The molecule has 3 heteroatoms. The Hall–Kier alpha value is -1.50. The van der Waals surface area contributed by atoms with Gasteiger partial charge in [0.15, 0.2) is 0 Å². The third-order valence-electron chi connectivity index (χ3n) is 3.98. The van der Waals surface area contributed by atoms with Crippen LogP contribution in [0.1, 0.15) is 30.1 Å². The van der Waals surface area contributed by atoms with E-state index in [4.69, 9.17) is 0 Å². The zero-order valence-corrected chi connectivity index (χ0v) is 14.2. The fourth-order valence-electron chi connectivity index (χ4n) is 3.05. The van der Waals surface area contributed by atoms with E-state index in [1.807, 2.05) is 0 Å². The minimum absolute atomic E-state index is 0.428. The van der Waals surface area contributed by atoms with E-state index in [9.17, 15) is 0 Å². The monoisotopic (exact) mass is 296 g/mol. The number of rotatable bonds is 2. The summed E-state index contributed by atoms with van der Waals surface area (Å²) in [7, 11) is -1.23. The van der Waals surface area contributed by atoms with E-state index in [1.165, 1.54) is 22.2 Å². The molecule has 2 heterocycles. The standard InChI is InChI=1S/C18H24N2Si/c1-21(2,3)13-7-6-10-17-18-15(11-12-19-17)14-8-4-5-9-16(14)20-18/h4-5,8-9,17,19-20H,6,10-12H2,1-3H3/t17-/m0/s1. The van der Waals surface area contributed by atoms with E-state index in [2.05, 4.69) is 65.7 Å². The van der Waals surface area contributed by atoms with Gasteiger partial charge in [-0.05, 0) is 31.0 Å². The summed E-state index contributed by atoms with van der Waals surface area (Å²) < 4.78 is 0. The number of nitrogens with one attached hydrogen (secondary N) is 2. The first-order valence-corrected chi connectivity index (χ1v) is 11.4. The van der Waals surface area contributed by atoms with Crippen molar-refractivity contribution in [2.45, 2.75) is 44.9 Å². The van der Waals surface area contributed by atoms with Gasteiger partial charge < -0.3 is 10.3 Å². The van der Waals surface area contributed by atoms with Crippen molar-refractivity contribution in [3.05, 3.63) is 35.5 Å². The lowest BCUT2D eigenvalue weighted by atomic mass is 9.96. The molecule has 0 aliphatic carbocycles. The molecule has 0 unspecified atom stereocenters. The van der Waals surface area contributed by atoms with E-state index < -0.39 is 8.07 Å². The van der Waals surface area contributed by atoms with Crippen molar-refractivity contribution in [1.29, 1.82) is 0 Å². The Morgan fingerprint density at radius 3 is 2.86 bits per heavy atom. The zero-order chi connectivity index (χ0) is 14.9. The molecular weight excluding hydrogens is 272 g/mol. The summed E-state index contributed by atoms with van der Waals surface area (Å²) in [5.41, 5.74) is 7.62. The van der Waals surface area contributed by atoms with Crippen molar-refractivity contribution in [1.82, 2.24) is 10.3 Å². The van der Waals surface area contributed by atoms with Gasteiger partial charge in [-0.25, -0.2) is 0 Å². The first-order chi connectivity index (χ1) is 10.0. The summed E-state index contributed by atoms with van der Waals surface area (Å²) in [6.45, 7) is 7.97. The van der Waals surface area contributed by atoms with Gasteiger partial charge in [0, 0.05) is 29.1 Å². The van der Waals surface area contributed by atoms with Crippen LogP contribution in [0, 0.1) is 11.5 Å². The molecule has 2 N–H and O–H groups in total. The Morgan fingerprint density at radius 1 is 1.24 bits per heavy atom. The highest BCUT2D eigenvalue weighted by Crippen LogP contribution is 2.31. The summed E-state index contributed by atoms with van der Waals surface area (Å²) in [6, 6.07) is 9.07. The highest BCUT2D eigenvalue weighted by atomic mass is 28.3. The van der Waals surface area contributed by atoms with Crippen LogP contribution < -0.4 is 5.32 Å². The van der Waals surface area contributed by atoms with Crippen molar-refractivity contribution >= 4 is 19.0 Å². The highest BCUT2D eigenvalue weighted by Gasteiger charge is 2.22. The lowest BCUT2D eigenvalue weighted by Gasteiger charge is -2.23. The molecule has 110 valence electrons. The lowest BCUT2D eigenvalue weighted by molar-refractivity contribution is 0.474. The molecule has 0 saturated heterocycles. The molecule has 0 radical (unpaired) electrons. The number of hydrogen-bond donors (Lipinski definition) is 2. The Balaban J connectivity index is 1.79. The van der Waals surface area contributed by atoms with Crippen LogP contribution in [0.5, 0.6) is 0 Å². The third kappa shape index (κ3) is 3.23. The lowest BCUT2D eigenvalue weighted by Crippen LogP contribution is -2.29. The van der Waals surface area contributed by atoms with Gasteiger partial charge >= 0.3 is 0 Å². The molecule has 1 atom stereocenters. The molecule has 1 aromatic carbocycles. The normalized spacial score (nSPS) is 18.1. The predicted octanol–water partition coefficient (Wildman–Crippen LogP) is 4.02. The molecular formula is C18H24N2Si. The molecule has 21 heavy (non-hydrogen) atoms. The number of hydrogen-bond acceptors (Lipinski definition) is 1. The van der Waals surface area contributed by atoms with Crippen molar-refractivity contribution in [3.63, 3.8) is 0 Å². The van der Waals surface area contributed by atoms with E-state index in [1.54, 1.807) is 0 Å². The van der Waals surface area contributed by atoms with Crippen molar-refractivity contribution < 1.29 is 0 Å². The van der Waals surface area contributed by atoms with E-state index >= 15 is 0 Å². The van der Waals surface area contributed by atoms with Gasteiger partial charge in [-0.3, -0.25) is 0 Å². The number of aromatic amines is 1. The summed E-state index contributed by atoms with van der Waals surface area (Å²) in [4.78, 5) is 3.62. The number of fused-ring (bicyclic) bond motifs is 3. The first kappa shape index (κ1) is 14.4. The molecule has 1 aromatic heterocycles. The Bertz CT molecular complexity index is 697. The third-order valence-corrected chi connectivity index (χ3v) is 4.91. The fourth-order valence-corrected chi connectivity index (χ4v) is 3.71. The Morgan fingerprint density at radius 2 is 2.05 bits per heavy atom. The number of benzene rings is 1. The molecule has 0 fully saturated rings. The first-order valence-electron chi connectivity index (χ1n) is 7.87. The summed E-state index contributed by atoms with van der Waals surface area (Å²) in [6.07, 6.45) is 3.20. The maximum Gasteiger partial charge on any atom is 0.129 e. The zero-order valence-electron chi connectivity index (χ0n) is 13.2. The molecule has 2 aromatic rings. The highest BCUT2D eigenvalue weighted by molar-refractivity contribution is 6.83. The maximum absolute atomic E-state index is 3.65. The number of aromatic nitrogens is 1. The van der Waals surface area contributed by atoms with Crippen LogP contribution in [0.3, 0.4) is 0 Å². The number of H-pyrrole nitrogens is 1. The molecule has 2 nitrogen and oxygen atoms in total. The average Bonchev–Trinajstić information content (AvgIpc) is 2.82. The van der Waals surface area contributed by atoms with Gasteiger partial charge in [0.05, 0.1) is 0 Å². The number of para-hydroxylation sites is 1. The second-order valence-electron chi connectivity index (χ2n) is 6.91. The van der Waals surface area contributed by atoms with Crippen LogP contribution in [0.2, 0.25) is 19.6 Å². The molecule has 1 aliphatic rings. The van der Waals surface area contributed by atoms with Gasteiger partial charge in [0.1, 0.15) is 8.07 Å². The molecule has 0 spiro atoms. The molecule has 0 saturated carbocycles. The quantitative estimate of drug-likeness (QED) is 0.636. The van der Waals surface area contributed by atoms with Crippen molar-refractivity contribution in [3.8, 4) is 11.5 Å². The Kier molecular flexibility index (Phi) is 3.92. The molecule has 3 rings (SSSR count). The SMILES string of the molecule is C[Si](C)(C)C#CCC[C@@H]1NCCc2c1[nH]c1ccccc21. The topological polar surface area (TPSA) is 27.8 Å². The molecule has 0 amide bonds. The van der Waals surface area contributed by atoms with Crippen LogP contribution in [-0.2, 0) is 6.42 Å². The van der Waals surface area contributed by atoms with Crippen molar-refractivity contribution in [2.75, 3.05) is 6.54 Å². The average molecular weight is 296 g/mol. The summed E-state index contributed by atoms with van der Waals surface area (Å²) in [5.74, 6) is 3.40. The molecule has 1 aliphatic heterocycles. The second-order valence-corrected chi connectivity index (χ2v) is 11.7.